The Morgan fingerprint density at radius 2 is 1.79 bits per heavy atom. The van der Waals surface area contributed by atoms with E-state index in [1.165, 1.54) is 0 Å². The second-order valence-corrected chi connectivity index (χ2v) is 8.03. The summed E-state index contributed by atoms with van der Waals surface area (Å²) in [6, 6.07) is 6.70. The number of nitrogens with one attached hydrogen (secondary N) is 1. The molecular formula is C16H25NO6S. The quantitative estimate of drug-likeness (QED) is 0.750. The average Bonchev–Trinajstić information content (AvgIpc) is 2.42. The topological polar surface area (TPSA) is 90.9 Å². The maximum absolute atomic E-state index is 11.9. The molecule has 1 rings (SSSR count). The van der Waals surface area contributed by atoms with Crippen LogP contribution in [0.3, 0.4) is 0 Å². The van der Waals surface area contributed by atoms with E-state index in [0.29, 0.717) is 12.2 Å². The SMILES string of the molecule is COc1ccc(CC(COS(C)(=O)=O)NC(=O)OC(C)(C)C)cc1. The first kappa shape index (κ1) is 20.2. The van der Waals surface area contributed by atoms with Crippen LogP contribution in [0.1, 0.15) is 26.3 Å². The summed E-state index contributed by atoms with van der Waals surface area (Å²) in [5, 5.41) is 2.64. The van der Waals surface area contributed by atoms with Crippen LogP contribution in [0, 0.1) is 0 Å². The van der Waals surface area contributed by atoms with Crippen LogP contribution in [-0.4, -0.2) is 46.1 Å². The van der Waals surface area contributed by atoms with Gasteiger partial charge in [0.2, 0.25) is 0 Å². The van der Waals surface area contributed by atoms with Crippen LogP contribution < -0.4 is 10.1 Å². The van der Waals surface area contributed by atoms with E-state index in [2.05, 4.69) is 5.32 Å². The molecule has 1 unspecified atom stereocenters. The van der Waals surface area contributed by atoms with Gasteiger partial charge in [0.1, 0.15) is 11.4 Å². The van der Waals surface area contributed by atoms with E-state index in [-0.39, 0.29) is 6.61 Å². The van der Waals surface area contributed by atoms with Gasteiger partial charge in [-0.2, -0.15) is 8.42 Å². The average molecular weight is 359 g/mol. The van der Waals surface area contributed by atoms with Gasteiger partial charge in [-0.05, 0) is 44.9 Å². The molecule has 1 aromatic rings. The lowest BCUT2D eigenvalue weighted by Crippen LogP contribution is -2.43. The van der Waals surface area contributed by atoms with Gasteiger partial charge in [0.25, 0.3) is 10.1 Å². The third-order valence-corrected chi connectivity index (χ3v) is 3.41. The third-order valence-electron chi connectivity index (χ3n) is 2.85. The van der Waals surface area contributed by atoms with Crippen LogP contribution in [0.25, 0.3) is 0 Å². The second kappa shape index (κ2) is 8.34. The zero-order valence-electron chi connectivity index (χ0n) is 14.7. The van der Waals surface area contributed by atoms with E-state index in [1.807, 2.05) is 12.1 Å². The van der Waals surface area contributed by atoms with Crippen molar-refractivity contribution in [1.82, 2.24) is 5.32 Å². The van der Waals surface area contributed by atoms with Crippen LogP contribution in [-0.2, 0) is 25.5 Å². The second-order valence-electron chi connectivity index (χ2n) is 6.38. The predicted molar refractivity (Wildman–Crippen MR) is 90.7 cm³/mol. The van der Waals surface area contributed by atoms with Crippen molar-refractivity contribution in [2.45, 2.75) is 38.8 Å². The van der Waals surface area contributed by atoms with Crippen molar-refractivity contribution >= 4 is 16.2 Å². The molecular weight excluding hydrogens is 334 g/mol. The molecule has 0 spiro atoms. The first-order valence-electron chi connectivity index (χ1n) is 7.45. The van der Waals surface area contributed by atoms with Gasteiger partial charge in [0.05, 0.1) is 26.0 Å². The molecule has 0 saturated carbocycles. The summed E-state index contributed by atoms with van der Waals surface area (Å²) in [7, 11) is -2.03. The number of amides is 1. The lowest BCUT2D eigenvalue weighted by molar-refractivity contribution is 0.0488. The minimum absolute atomic E-state index is 0.176. The van der Waals surface area contributed by atoms with Gasteiger partial charge in [-0.3, -0.25) is 4.18 Å². The van der Waals surface area contributed by atoms with E-state index in [0.717, 1.165) is 11.8 Å². The fourth-order valence-corrected chi connectivity index (χ4v) is 2.29. The van der Waals surface area contributed by atoms with Crippen LogP contribution >= 0.6 is 0 Å². The number of methoxy groups -OCH3 is 1. The van der Waals surface area contributed by atoms with Crippen molar-refractivity contribution in [3.63, 3.8) is 0 Å². The number of alkyl carbamates (subject to hydrolysis) is 1. The number of hydrogen-bond donors (Lipinski definition) is 1. The van der Waals surface area contributed by atoms with Crippen LogP contribution in [0.5, 0.6) is 5.75 Å². The number of rotatable bonds is 7. The molecule has 24 heavy (non-hydrogen) atoms. The Kier molecular flexibility index (Phi) is 7.04. The van der Waals surface area contributed by atoms with E-state index in [4.69, 9.17) is 13.7 Å². The predicted octanol–water partition coefficient (Wildman–Crippen LogP) is 2.11. The summed E-state index contributed by atoms with van der Waals surface area (Å²) in [6.07, 6.45) is 0.724. The fraction of sp³-hybridized carbons (Fsp3) is 0.562. The number of carbonyl (C=O) groups is 1. The Morgan fingerprint density at radius 1 is 1.21 bits per heavy atom. The van der Waals surface area contributed by atoms with Crippen molar-refractivity contribution < 1.29 is 26.9 Å². The van der Waals surface area contributed by atoms with Crippen molar-refractivity contribution in [1.29, 1.82) is 0 Å². The van der Waals surface area contributed by atoms with Crippen LogP contribution in [0.15, 0.2) is 24.3 Å². The molecule has 0 aliphatic rings. The van der Waals surface area contributed by atoms with Crippen molar-refractivity contribution in [2.24, 2.45) is 0 Å². The minimum atomic E-state index is -3.61. The fourth-order valence-electron chi connectivity index (χ4n) is 1.88. The molecule has 1 atom stereocenters. The standard InChI is InChI=1S/C16H25NO6S/c1-16(2,3)23-15(18)17-13(11-22-24(5,19)20)10-12-6-8-14(21-4)9-7-12/h6-9,13H,10-11H2,1-5H3,(H,17,18). The van der Waals surface area contributed by atoms with Crippen molar-refractivity contribution in [2.75, 3.05) is 20.0 Å². The molecule has 0 radical (unpaired) electrons. The molecule has 136 valence electrons. The van der Waals surface area contributed by atoms with Crippen molar-refractivity contribution in [3.8, 4) is 5.75 Å². The Bertz CT molecular complexity index is 634. The number of ether oxygens (including phenoxy) is 2. The van der Waals surface area contributed by atoms with Crippen LogP contribution in [0.4, 0.5) is 4.79 Å². The maximum atomic E-state index is 11.9. The third kappa shape index (κ3) is 8.73. The summed E-state index contributed by atoms with van der Waals surface area (Å²) in [6.45, 7) is 5.07. The van der Waals surface area contributed by atoms with Gasteiger partial charge in [0, 0.05) is 0 Å². The number of hydrogen-bond acceptors (Lipinski definition) is 6. The van der Waals surface area contributed by atoms with Gasteiger partial charge in [-0.25, -0.2) is 4.79 Å². The molecule has 8 heteroatoms. The van der Waals surface area contributed by atoms with Gasteiger partial charge < -0.3 is 14.8 Å². The van der Waals surface area contributed by atoms with E-state index in [9.17, 15) is 13.2 Å². The normalized spacial score (nSPS) is 13.2. The Balaban J connectivity index is 2.77. The molecule has 0 fully saturated rings. The van der Waals surface area contributed by atoms with E-state index < -0.39 is 27.9 Å². The first-order valence-corrected chi connectivity index (χ1v) is 9.27. The molecule has 1 amide bonds. The van der Waals surface area contributed by atoms with Crippen molar-refractivity contribution in [3.05, 3.63) is 29.8 Å². The lowest BCUT2D eigenvalue weighted by Gasteiger charge is -2.23. The molecule has 0 heterocycles. The minimum Gasteiger partial charge on any atom is -0.497 e. The molecule has 0 aliphatic heterocycles. The zero-order valence-corrected chi connectivity index (χ0v) is 15.5. The Labute approximate surface area is 143 Å². The van der Waals surface area contributed by atoms with Gasteiger partial charge >= 0.3 is 6.09 Å². The summed E-state index contributed by atoms with van der Waals surface area (Å²) < 4.78 is 37.5. The van der Waals surface area contributed by atoms with Crippen LogP contribution in [0.2, 0.25) is 0 Å². The number of carbonyl (C=O) groups excluding carboxylic acids is 1. The molecule has 0 bridgehead atoms. The number of benzene rings is 1. The van der Waals surface area contributed by atoms with E-state index in [1.54, 1.807) is 40.0 Å². The molecule has 1 aromatic carbocycles. The van der Waals surface area contributed by atoms with E-state index >= 15 is 0 Å². The first-order chi connectivity index (χ1) is 11.0. The monoisotopic (exact) mass is 359 g/mol. The summed E-state index contributed by atoms with van der Waals surface area (Å²) in [4.78, 5) is 11.9. The maximum Gasteiger partial charge on any atom is 0.407 e. The largest absolute Gasteiger partial charge is 0.497 e. The summed E-state index contributed by atoms with van der Waals surface area (Å²) in [5.41, 5.74) is 0.251. The smallest absolute Gasteiger partial charge is 0.407 e. The molecule has 0 aliphatic carbocycles. The Hall–Kier alpha value is -1.80. The highest BCUT2D eigenvalue weighted by atomic mass is 32.2. The molecule has 0 aromatic heterocycles. The summed E-state index contributed by atoms with van der Waals surface area (Å²) in [5.74, 6) is 0.711. The lowest BCUT2D eigenvalue weighted by atomic mass is 10.1. The van der Waals surface area contributed by atoms with Gasteiger partial charge in [0.15, 0.2) is 0 Å². The highest BCUT2D eigenvalue weighted by Crippen LogP contribution is 2.14. The van der Waals surface area contributed by atoms with Gasteiger partial charge in [-0.15, -0.1) is 0 Å². The summed E-state index contributed by atoms with van der Waals surface area (Å²) >= 11 is 0. The molecule has 7 nitrogen and oxygen atoms in total. The van der Waals surface area contributed by atoms with Gasteiger partial charge in [-0.1, -0.05) is 12.1 Å². The molecule has 1 N–H and O–H groups in total. The Morgan fingerprint density at radius 3 is 2.25 bits per heavy atom. The zero-order chi connectivity index (χ0) is 18.4. The molecule has 0 saturated heterocycles. The highest BCUT2D eigenvalue weighted by molar-refractivity contribution is 7.85. The highest BCUT2D eigenvalue weighted by Gasteiger charge is 2.21.